The van der Waals surface area contributed by atoms with Crippen molar-refractivity contribution in [2.24, 2.45) is 0 Å². The summed E-state index contributed by atoms with van der Waals surface area (Å²) >= 11 is 0. The van der Waals surface area contributed by atoms with Gasteiger partial charge in [0, 0.05) is 12.8 Å². The number of nitrogens with zero attached hydrogens (tertiary/aromatic N) is 2. The molecule has 0 saturated heterocycles. The van der Waals surface area contributed by atoms with E-state index in [0.717, 1.165) is 5.56 Å². The van der Waals surface area contributed by atoms with E-state index in [1.54, 1.807) is 12.3 Å². The Morgan fingerprint density at radius 2 is 2.10 bits per heavy atom. The smallest absolute Gasteiger partial charge is 0.123 e. The molecule has 3 nitrogen and oxygen atoms in total. The first-order valence-corrected chi connectivity index (χ1v) is 2.73. The van der Waals surface area contributed by atoms with Crippen molar-refractivity contribution in [2.45, 2.75) is 6.92 Å². The number of nitrogens with two attached hydrogens (primary N) is 1. The van der Waals surface area contributed by atoms with Gasteiger partial charge < -0.3 is 5.73 Å². The molecule has 0 amide bonds. The maximum Gasteiger partial charge on any atom is 0.123 e. The van der Waals surface area contributed by atoms with E-state index in [-0.39, 0.29) is 0 Å². The van der Waals surface area contributed by atoms with E-state index < -0.39 is 0 Å². The van der Waals surface area contributed by atoms with E-state index in [1.165, 1.54) is 0 Å². The second-order valence-electron chi connectivity index (χ2n) is 1.76. The maximum atomic E-state index is 6.50. The van der Waals surface area contributed by atoms with Gasteiger partial charge >= 0.3 is 0 Å². The van der Waals surface area contributed by atoms with Crippen LogP contribution in [-0.4, -0.2) is 4.98 Å². The topological polar surface area (TPSA) is 62.7 Å². The third-order valence-electron chi connectivity index (χ3n) is 0.934. The average Bonchev–Trinajstić information content (AvgIpc) is 2.00. The van der Waals surface area contributed by atoms with Crippen molar-refractivity contribution in [1.82, 2.24) is 4.98 Å². The molecule has 0 atom stereocenters. The third kappa shape index (κ3) is 2.68. The van der Waals surface area contributed by atoms with Gasteiger partial charge in [0.1, 0.15) is 5.82 Å². The summed E-state index contributed by atoms with van der Waals surface area (Å²) in [4.78, 5) is 3.86. The molecule has 0 aliphatic rings. The number of nitriles is 1. The zero-order valence-corrected chi connectivity index (χ0v) is 5.78. The number of anilines is 1. The van der Waals surface area contributed by atoms with E-state index in [1.807, 2.05) is 13.0 Å². The van der Waals surface area contributed by atoms with Gasteiger partial charge in [0.15, 0.2) is 0 Å². The Bertz CT molecular complexity index is 179. The molecule has 3 heteroatoms. The van der Waals surface area contributed by atoms with E-state index >= 15 is 0 Å². The summed E-state index contributed by atoms with van der Waals surface area (Å²) in [5.74, 6) is 0.579. The summed E-state index contributed by atoms with van der Waals surface area (Å²) in [7, 11) is 0. The number of hydrogen-bond donors (Lipinski definition) is 1. The van der Waals surface area contributed by atoms with E-state index in [0.29, 0.717) is 5.82 Å². The Hall–Kier alpha value is -1.56. The van der Waals surface area contributed by atoms with Crippen LogP contribution in [0.3, 0.4) is 0 Å². The summed E-state index contributed by atoms with van der Waals surface area (Å²) in [6, 6.07) is 3.72. The van der Waals surface area contributed by atoms with Gasteiger partial charge in [-0.05, 0) is 18.6 Å². The SMILES string of the molecule is C#N.Cc1ccc(N)nc1. The Kier molecular flexibility index (Phi) is 3.66. The van der Waals surface area contributed by atoms with Crippen LogP contribution in [0, 0.1) is 18.8 Å². The highest BCUT2D eigenvalue weighted by Gasteiger charge is 1.81. The molecule has 2 N–H and O–H groups in total. The van der Waals surface area contributed by atoms with Crippen LogP contribution < -0.4 is 5.73 Å². The Morgan fingerprint density at radius 3 is 2.40 bits per heavy atom. The van der Waals surface area contributed by atoms with Crippen molar-refractivity contribution in [2.75, 3.05) is 5.73 Å². The fourth-order valence-corrected chi connectivity index (χ4v) is 0.479. The van der Waals surface area contributed by atoms with Gasteiger partial charge in [-0.1, -0.05) is 6.07 Å². The predicted octanol–water partition coefficient (Wildman–Crippen LogP) is 1.11. The lowest BCUT2D eigenvalue weighted by Crippen LogP contribution is -1.87. The highest BCUT2D eigenvalue weighted by atomic mass is 14.8. The largest absolute Gasteiger partial charge is 0.384 e. The molecule has 0 fully saturated rings. The lowest BCUT2D eigenvalue weighted by atomic mass is 10.3. The number of aromatic nitrogens is 1. The fraction of sp³-hybridized carbons (Fsp3) is 0.143. The van der Waals surface area contributed by atoms with Crippen LogP contribution in [0.5, 0.6) is 0 Å². The van der Waals surface area contributed by atoms with E-state index in [2.05, 4.69) is 11.6 Å². The number of rotatable bonds is 0. The van der Waals surface area contributed by atoms with E-state index in [9.17, 15) is 0 Å². The summed E-state index contributed by atoms with van der Waals surface area (Å²) < 4.78 is 0. The monoisotopic (exact) mass is 135 g/mol. The Labute approximate surface area is 60.1 Å². The lowest BCUT2D eigenvalue weighted by molar-refractivity contribution is 1.28. The van der Waals surface area contributed by atoms with Crippen LogP contribution in [0.15, 0.2) is 18.3 Å². The first-order valence-electron chi connectivity index (χ1n) is 2.73. The normalized spacial score (nSPS) is 7.50. The van der Waals surface area contributed by atoms with Gasteiger partial charge in [-0.2, -0.15) is 0 Å². The number of aryl methyl sites for hydroxylation is 1. The molecule has 0 aliphatic carbocycles. The Balaban J connectivity index is 0.000000371. The van der Waals surface area contributed by atoms with Crippen molar-refractivity contribution in [1.29, 1.82) is 5.26 Å². The molecule has 0 radical (unpaired) electrons. The minimum atomic E-state index is 0.579. The average molecular weight is 135 g/mol. The molecule has 0 saturated carbocycles. The van der Waals surface area contributed by atoms with Crippen LogP contribution in [0.1, 0.15) is 5.56 Å². The van der Waals surface area contributed by atoms with Gasteiger partial charge in [-0.15, -0.1) is 0 Å². The molecule has 1 aromatic heterocycles. The Morgan fingerprint density at radius 1 is 1.50 bits per heavy atom. The summed E-state index contributed by atoms with van der Waals surface area (Å²) in [5.41, 5.74) is 6.45. The molecule has 0 spiro atoms. The zero-order chi connectivity index (χ0) is 7.98. The molecule has 10 heavy (non-hydrogen) atoms. The molecule has 1 aromatic rings. The second kappa shape index (κ2) is 4.33. The van der Waals surface area contributed by atoms with Gasteiger partial charge in [-0.25, -0.2) is 10.2 Å². The number of hydrogen-bond acceptors (Lipinski definition) is 3. The van der Waals surface area contributed by atoms with Crippen LogP contribution in [0.4, 0.5) is 5.82 Å². The summed E-state index contributed by atoms with van der Waals surface area (Å²) in [6.45, 7) is 5.48. The zero-order valence-electron chi connectivity index (χ0n) is 5.78. The van der Waals surface area contributed by atoms with Crippen molar-refractivity contribution in [3.8, 4) is 6.57 Å². The number of pyridine rings is 1. The molecular weight excluding hydrogens is 126 g/mol. The van der Waals surface area contributed by atoms with Crippen LogP contribution in [-0.2, 0) is 0 Å². The summed E-state index contributed by atoms with van der Waals surface area (Å²) in [6.07, 6.45) is 1.75. The molecule has 0 aliphatic heterocycles. The van der Waals surface area contributed by atoms with Crippen LogP contribution in [0.2, 0.25) is 0 Å². The van der Waals surface area contributed by atoms with Crippen LogP contribution >= 0.6 is 0 Å². The van der Waals surface area contributed by atoms with Crippen molar-refractivity contribution >= 4 is 5.82 Å². The van der Waals surface area contributed by atoms with Gasteiger partial charge in [0.05, 0.1) is 0 Å². The second-order valence-corrected chi connectivity index (χ2v) is 1.76. The molecule has 0 aromatic carbocycles. The molecule has 0 bridgehead atoms. The first kappa shape index (κ1) is 8.44. The minimum Gasteiger partial charge on any atom is -0.384 e. The maximum absolute atomic E-state index is 6.50. The quantitative estimate of drug-likeness (QED) is 0.579. The van der Waals surface area contributed by atoms with Crippen LogP contribution in [0.25, 0.3) is 0 Å². The predicted molar refractivity (Wildman–Crippen MR) is 40.1 cm³/mol. The van der Waals surface area contributed by atoms with Crippen molar-refractivity contribution in [3.05, 3.63) is 23.9 Å². The number of nitrogen functional groups attached to an aromatic ring is 1. The summed E-state index contributed by atoms with van der Waals surface area (Å²) in [5, 5.41) is 6.50. The molecule has 1 rings (SSSR count). The van der Waals surface area contributed by atoms with Gasteiger partial charge in [-0.3, -0.25) is 0 Å². The standard InChI is InChI=1S/C6H8N2.CHN/c1-5-2-3-6(7)8-4-5;1-2/h2-4H,1H3,(H2,7,8);1H. The highest BCUT2D eigenvalue weighted by molar-refractivity contribution is 5.28. The van der Waals surface area contributed by atoms with Crippen molar-refractivity contribution < 1.29 is 0 Å². The van der Waals surface area contributed by atoms with Gasteiger partial charge in [0.25, 0.3) is 0 Å². The van der Waals surface area contributed by atoms with E-state index in [4.69, 9.17) is 11.0 Å². The fourth-order valence-electron chi connectivity index (χ4n) is 0.479. The first-order chi connectivity index (χ1) is 4.79. The van der Waals surface area contributed by atoms with Crippen molar-refractivity contribution in [3.63, 3.8) is 0 Å². The molecule has 52 valence electrons. The molecule has 1 heterocycles. The lowest BCUT2D eigenvalue weighted by Gasteiger charge is -1.89. The third-order valence-corrected chi connectivity index (χ3v) is 0.934. The highest BCUT2D eigenvalue weighted by Crippen LogP contribution is 1.97. The molecular formula is C7H9N3. The minimum absolute atomic E-state index is 0.579. The van der Waals surface area contributed by atoms with Gasteiger partial charge in [0.2, 0.25) is 0 Å². The molecule has 0 unspecified atom stereocenters.